The second kappa shape index (κ2) is 9.02. The number of hydrogen-bond acceptors (Lipinski definition) is 4. The number of amides is 2. The van der Waals surface area contributed by atoms with Crippen LogP contribution in [0.5, 0.6) is 0 Å². The highest BCUT2D eigenvalue weighted by atomic mass is 35.5. The first-order chi connectivity index (χ1) is 10.1. The quantitative estimate of drug-likeness (QED) is 0.861. The lowest BCUT2D eigenvalue weighted by atomic mass is 10.0. The fourth-order valence-corrected chi connectivity index (χ4v) is 3.71. The molecule has 0 aromatic heterocycles. The molecule has 5 nitrogen and oxygen atoms in total. The summed E-state index contributed by atoms with van der Waals surface area (Å²) in [7, 11) is 0. The van der Waals surface area contributed by atoms with Crippen molar-refractivity contribution in [3.63, 3.8) is 0 Å². The molecular weight excluding hydrogens is 322 g/mol. The number of carbonyl (C=O) groups is 2. The number of benzene rings is 1. The Bertz CT molecular complexity index is 501. The number of rotatable bonds is 4. The van der Waals surface area contributed by atoms with Crippen LogP contribution >= 0.6 is 24.2 Å². The predicted molar refractivity (Wildman–Crippen MR) is 92.1 cm³/mol. The maximum atomic E-state index is 12.4. The van der Waals surface area contributed by atoms with Gasteiger partial charge in [0, 0.05) is 17.5 Å². The lowest BCUT2D eigenvalue weighted by molar-refractivity contribution is -0.134. The SMILES string of the molecule is CC1SCCN(C(=O)CNC(=O)CN)C1c1ccccc1.Cl. The van der Waals surface area contributed by atoms with Crippen molar-refractivity contribution in [2.24, 2.45) is 5.73 Å². The smallest absolute Gasteiger partial charge is 0.242 e. The zero-order valence-corrected chi connectivity index (χ0v) is 14.2. The Balaban J connectivity index is 0.00000242. The number of hydrogen-bond donors (Lipinski definition) is 2. The van der Waals surface area contributed by atoms with Crippen molar-refractivity contribution < 1.29 is 9.59 Å². The maximum Gasteiger partial charge on any atom is 0.242 e. The lowest BCUT2D eigenvalue weighted by Crippen LogP contribution is -2.48. The van der Waals surface area contributed by atoms with E-state index in [1.807, 2.05) is 47.0 Å². The van der Waals surface area contributed by atoms with Crippen LogP contribution in [-0.4, -0.2) is 47.4 Å². The van der Waals surface area contributed by atoms with Gasteiger partial charge in [0.15, 0.2) is 0 Å². The van der Waals surface area contributed by atoms with Crippen LogP contribution in [0.2, 0.25) is 0 Å². The van der Waals surface area contributed by atoms with Crippen LogP contribution in [0.25, 0.3) is 0 Å². The molecule has 0 saturated carbocycles. The number of nitrogens with one attached hydrogen (secondary N) is 1. The second-order valence-corrected chi connectivity index (χ2v) is 6.48. The van der Waals surface area contributed by atoms with Crippen LogP contribution in [0.15, 0.2) is 30.3 Å². The third-order valence-electron chi connectivity index (χ3n) is 3.58. The van der Waals surface area contributed by atoms with Gasteiger partial charge in [0.25, 0.3) is 0 Å². The highest BCUT2D eigenvalue weighted by Gasteiger charge is 2.33. The van der Waals surface area contributed by atoms with Gasteiger partial charge in [-0.1, -0.05) is 37.3 Å². The van der Waals surface area contributed by atoms with E-state index in [1.165, 1.54) is 0 Å². The van der Waals surface area contributed by atoms with Crippen molar-refractivity contribution in [1.82, 2.24) is 10.2 Å². The van der Waals surface area contributed by atoms with Gasteiger partial charge in [-0.2, -0.15) is 11.8 Å². The van der Waals surface area contributed by atoms with Crippen LogP contribution in [0.4, 0.5) is 0 Å². The molecule has 1 aliphatic heterocycles. The summed E-state index contributed by atoms with van der Waals surface area (Å²) < 4.78 is 0. The molecule has 2 unspecified atom stereocenters. The molecule has 1 heterocycles. The van der Waals surface area contributed by atoms with E-state index < -0.39 is 0 Å². The van der Waals surface area contributed by atoms with Crippen LogP contribution in [0.3, 0.4) is 0 Å². The molecule has 0 aliphatic carbocycles. The summed E-state index contributed by atoms with van der Waals surface area (Å²) in [4.78, 5) is 25.5. The molecule has 3 N–H and O–H groups in total. The van der Waals surface area contributed by atoms with Gasteiger partial charge in [0.2, 0.25) is 11.8 Å². The molecule has 1 aliphatic rings. The highest BCUT2D eigenvalue weighted by molar-refractivity contribution is 8.00. The zero-order valence-electron chi connectivity index (χ0n) is 12.5. The summed E-state index contributed by atoms with van der Waals surface area (Å²) in [5, 5.41) is 2.88. The average Bonchev–Trinajstić information content (AvgIpc) is 2.52. The molecule has 0 radical (unpaired) electrons. The molecule has 2 rings (SSSR count). The normalized spacial score (nSPS) is 20.9. The van der Waals surface area contributed by atoms with E-state index in [2.05, 4.69) is 12.2 Å². The minimum absolute atomic E-state index is 0. The summed E-state index contributed by atoms with van der Waals surface area (Å²) in [6, 6.07) is 10.1. The monoisotopic (exact) mass is 343 g/mol. The second-order valence-electron chi connectivity index (χ2n) is 5.00. The Kier molecular flexibility index (Phi) is 7.72. The van der Waals surface area contributed by atoms with Gasteiger partial charge in [-0.25, -0.2) is 0 Å². The fraction of sp³-hybridized carbons (Fsp3) is 0.467. The van der Waals surface area contributed by atoms with Gasteiger partial charge >= 0.3 is 0 Å². The molecule has 0 spiro atoms. The largest absolute Gasteiger partial charge is 0.346 e. The third-order valence-corrected chi connectivity index (χ3v) is 4.78. The molecule has 1 fully saturated rings. The first-order valence-corrected chi connectivity index (χ1v) is 8.11. The van der Waals surface area contributed by atoms with E-state index in [-0.39, 0.29) is 43.4 Å². The van der Waals surface area contributed by atoms with E-state index in [4.69, 9.17) is 5.73 Å². The van der Waals surface area contributed by atoms with Crippen LogP contribution in [0.1, 0.15) is 18.5 Å². The van der Waals surface area contributed by atoms with Gasteiger partial charge in [-0.3, -0.25) is 9.59 Å². The number of nitrogens with two attached hydrogens (primary N) is 1. The average molecular weight is 344 g/mol. The molecule has 7 heteroatoms. The first kappa shape index (κ1) is 18.8. The molecule has 2 atom stereocenters. The highest BCUT2D eigenvalue weighted by Crippen LogP contribution is 2.35. The molecule has 0 bridgehead atoms. The molecule has 22 heavy (non-hydrogen) atoms. The van der Waals surface area contributed by atoms with Gasteiger partial charge in [0.1, 0.15) is 0 Å². The summed E-state index contributed by atoms with van der Waals surface area (Å²) >= 11 is 1.87. The molecule has 1 saturated heterocycles. The van der Waals surface area contributed by atoms with Crippen molar-refractivity contribution in [3.8, 4) is 0 Å². The maximum absolute atomic E-state index is 12.4. The van der Waals surface area contributed by atoms with Crippen LogP contribution < -0.4 is 11.1 Å². The van der Waals surface area contributed by atoms with Crippen molar-refractivity contribution in [2.75, 3.05) is 25.4 Å². The Morgan fingerprint density at radius 3 is 2.68 bits per heavy atom. The first-order valence-electron chi connectivity index (χ1n) is 7.06. The summed E-state index contributed by atoms with van der Waals surface area (Å²) in [5.41, 5.74) is 6.37. The van der Waals surface area contributed by atoms with E-state index in [9.17, 15) is 9.59 Å². The van der Waals surface area contributed by atoms with E-state index in [0.717, 1.165) is 11.3 Å². The lowest BCUT2D eigenvalue weighted by Gasteiger charge is -2.40. The van der Waals surface area contributed by atoms with Crippen molar-refractivity contribution >= 4 is 36.0 Å². The Morgan fingerprint density at radius 2 is 2.05 bits per heavy atom. The van der Waals surface area contributed by atoms with Gasteiger partial charge in [-0.15, -0.1) is 12.4 Å². The Morgan fingerprint density at radius 1 is 1.36 bits per heavy atom. The minimum Gasteiger partial charge on any atom is -0.346 e. The fourth-order valence-electron chi connectivity index (χ4n) is 2.55. The predicted octanol–water partition coefficient (Wildman–Crippen LogP) is 1.19. The Labute approximate surface area is 141 Å². The van der Waals surface area contributed by atoms with Crippen molar-refractivity contribution in [2.45, 2.75) is 18.2 Å². The molecule has 2 amide bonds. The van der Waals surface area contributed by atoms with E-state index in [1.54, 1.807) is 0 Å². The van der Waals surface area contributed by atoms with Crippen molar-refractivity contribution in [3.05, 3.63) is 35.9 Å². The molecule has 122 valence electrons. The zero-order chi connectivity index (χ0) is 15.2. The number of halogens is 1. The van der Waals surface area contributed by atoms with Crippen LogP contribution in [-0.2, 0) is 9.59 Å². The minimum atomic E-state index is -0.306. The number of nitrogens with zero attached hydrogens (tertiary/aromatic N) is 1. The summed E-state index contributed by atoms with van der Waals surface area (Å²) in [5.74, 6) is 0.554. The standard InChI is InChI=1S/C15H21N3O2S.ClH/c1-11-15(12-5-3-2-4-6-12)18(7-8-21-11)14(20)10-17-13(19)9-16;/h2-6,11,15H,7-10,16H2,1H3,(H,17,19);1H. The van der Waals surface area contributed by atoms with Gasteiger partial charge in [-0.05, 0) is 5.56 Å². The molecule has 1 aromatic rings. The summed E-state index contributed by atoms with van der Waals surface area (Å²) in [6.07, 6.45) is 0. The number of carbonyl (C=O) groups excluding carboxylic acids is 2. The van der Waals surface area contributed by atoms with Crippen LogP contribution in [0, 0.1) is 0 Å². The summed E-state index contributed by atoms with van der Waals surface area (Å²) in [6.45, 7) is 2.75. The molecule has 1 aromatic carbocycles. The third kappa shape index (κ3) is 4.63. The molecular formula is C15H22ClN3O2S. The van der Waals surface area contributed by atoms with E-state index >= 15 is 0 Å². The van der Waals surface area contributed by atoms with Crippen molar-refractivity contribution in [1.29, 1.82) is 0 Å². The Hall–Kier alpha value is -1.24. The van der Waals surface area contributed by atoms with Gasteiger partial charge in [0.05, 0.1) is 19.1 Å². The topological polar surface area (TPSA) is 75.4 Å². The number of thioether (sulfide) groups is 1. The van der Waals surface area contributed by atoms with E-state index in [0.29, 0.717) is 11.8 Å². The van der Waals surface area contributed by atoms with Gasteiger partial charge < -0.3 is 16.0 Å².